The summed E-state index contributed by atoms with van der Waals surface area (Å²) in [7, 11) is 3.08. The van der Waals surface area contributed by atoms with Gasteiger partial charge in [0.05, 0.1) is 20.6 Å². The highest BCUT2D eigenvalue weighted by Gasteiger charge is 2.21. The fourth-order valence-corrected chi connectivity index (χ4v) is 3.02. The number of nitrogens with one attached hydrogen (secondary N) is 1. The molecule has 0 spiro atoms. The van der Waals surface area contributed by atoms with Gasteiger partial charge in [-0.3, -0.25) is 9.59 Å². The highest BCUT2D eigenvalue weighted by atomic mass is 16.5. The Hall–Kier alpha value is -3.02. The molecule has 0 saturated heterocycles. The molecule has 0 aliphatic heterocycles. The van der Waals surface area contributed by atoms with E-state index in [1.807, 2.05) is 25.1 Å². The Bertz CT molecular complexity index is 876. The van der Waals surface area contributed by atoms with E-state index in [0.29, 0.717) is 17.1 Å². The fraction of sp³-hybridized carbons (Fsp3) is 0.391. The Balaban J connectivity index is 2.02. The SMILES string of the molecule is COc1ccc(CC(=O)O[C@H](C)C(=O)Nc2c(C)cccc2C(C)C)cc1OC. The molecule has 0 unspecified atom stereocenters. The number of hydrogen-bond acceptors (Lipinski definition) is 5. The van der Waals surface area contributed by atoms with Gasteiger partial charge >= 0.3 is 5.97 Å². The number of ether oxygens (including phenoxy) is 3. The maximum absolute atomic E-state index is 12.6. The third kappa shape index (κ3) is 5.73. The molecule has 2 rings (SSSR count). The number of anilines is 1. The van der Waals surface area contributed by atoms with Crippen LogP contribution in [0, 0.1) is 6.92 Å². The lowest BCUT2D eigenvalue weighted by Crippen LogP contribution is -2.31. The number of carbonyl (C=O) groups is 2. The molecule has 1 atom stereocenters. The monoisotopic (exact) mass is 399 g/mol. The number of rotatable bonds is 8. The van der Waals surface area contributed by atoms with Crippen molar-refractivity contribution in [1.29, 1.82) is 0 Å². The summed E-state index contributed by atoms with van der Waals surface area (Å²) in [6, 6.07) is 11.1. The molecule has 0 radical (unpaired) electrons. The number of esters is 1. The molecule has 0 aromatic heterocycles. The highest BCUT2D eigenvalue weighted by molar-refractivity contribution is 5.96. The molecule has 0 aliphatic rings. The minimum Gasteiger partial charge on any atom is -0.493 e. The Morgan fingerprint density at radius 1 is 1.00 bits per heavy atom. The van der Waals surface area contributed by atoms with Crippen molar-refractivity contribution in [3.8, 4) is 11.5 Å². The summed E-state index contributed by atoms with van der Waals surface area (Å²) < 4.78 is 15.8. The summed E-state index contributed by atoms with van der Waals surface area (Å²) in [5.74, 6) is 0.518. The molecule has 0 bridgehead atoms. The summed E-state index contributed by atoms with van der Waals surface area (Å²) >= 11 is 0. The Morgan fingerprint density at radius 2 is 1.69 bits per heavy atom. The Kier molecular flexibility index (Phi) is 7.65. The summed E-state index contributed by atoms with van der Waals surface area (Å²) in [4.78, 5) is 24.9. The number of carbonyl (C=O) groups excluding carboxylic acids is 2. The predicted molar refractivity (Wildman–Crippen MR) is 113 cm³/mol. The maximum atomic E-state index is 12.6. The zero-order chi connectivity index (χ0) is 21.6. The van der Waals surface area contributed by atoms with Crippen LogP contribution in [0.4, 0.5) is 5.69 Å². The second kappa shape index (κ2) is 9.96. The Labute approximate surface area is 172 Å². The largest absolute Gasteiger partial charge is 0.493 e. The van der Waals surface area contributed by atoms with Crippen molar-refractivity contribution in [2.45, 2.75) is 46.1 Å². The number of benzene rings is 2. The maximum Gasteiger partial charge on any atom is 0.311 e. The van der Waals surface area contributed by atoms with E-state index in [9.17, 15) is 9.59 Å². The number of hydrogen-bond donors (Lipinski definition) is 1. The van der Waals surface area contributed by atoms with Crippen molar-refractivity contribution < 1.29 is 23.8 Å². The second-order valence-electron chi connectivity index (χ2n) is 7.18. The van der Waals surface area contributed by atoms with E-state index in [1.165, 1.54) is 7.11 Å². The molecule has 6 heteroatoms. The molecule has 0 saturated carbocycles. The van der Waals surface area contributed by atoms with Gasteiger partial charge in [-0.05, 0) is 48.6 Å². The molecule has 1 amide bonds. The third-order valence-electron chi connectivity index (χ3n) is 4.65. The quantitative estimate of drug-likeness (QED) is 0.672. The molecule has 29 heavy (non-hydrogen) atoms. The average Bonchev–Trinajstić information content (AvgIpc) is 2.68. The van der Waals surface area contributed by atoms with Crippen LogP contribution in [0.2, 0.25) is 0 Å². The van der Waals surface area contributed by atoms with Crippen molar-refractivity contribution in [2.24, 2.45) is 0 Å². The van der Waals surface area contributed by atoms with Gasteiger partial charge in [-0.25, -0.2) is 0 Å². The van der Waals surface area contributed by atoms with Crippen LogP contribution in [-0.2, 0) is 20.7 Å². The van der Waals surface area contributed by atoms with Gasteiger partial charge in [0.2, 0.25) is 0 Å². The van der Waals surface area contributed by atoms with Gasteiger partial charge in [0.25, 0.3) is 5.91 Å². The lowest BCUT2D eigenvalue weighted by Gasteiger charge is -2.19. The lowest BCUT2D eigenvalue weighted by atomic mass is 9.98. The number of para-hydroxylation sites is 1. The smallest absolute Gasteiger partial charge is 0.311 e. The van der Waals surface area contributed by atoms with Crippen LogP contribution in [0.5, 0.6) is 11.5 Å². The minimum absolute atomic E-state index is 0.0274. The van der Waals surface area contributed by atoms with E-state index >= 15 is 0 Å². The molecule has 156 valence electrons. The lowest BCUT2D eigenvalue weighted by molar-refractivity contribution is -0.152. The van der Waals surface area contributed by atoms with Gasteiger partial charge in [0, 0.05) is 5.69 Å². The van der Waals surface area contributed by atoms with Gasteiger partial charge in [-0.15, -0.1) is 0 Å². The predicted octanol–water partition coefficient (Wildman–Crippen LogP) is 4.25. The molecule has 0 fully saturated rings. The fourth-order valence-electron chi connectivity index (χ4n) is 3.02. The normalized spacial score (nSPS) is 11.7. The molecular weight excluding hydrogens is 370 g/mol. The van der Waals surface area contributed by atoms with Crippen LogP contribution in [0.1, 0.15) is 43.4 Å². The van der Waals surface area contributed by atoms with E-state index in [-0.39, 0.29) is 18.2 Å². The molecule has 1 N–H and O–H groups in total. The third-order valence-corrected chi connectivity index (χ3v) is 4.65. The second-order valence-corrected chi connectivity index (χ2v) is 7.18. The number of aryl methyl sites for hydroxylation is 1. The van der Waals surface area contributed by atoms with E-state index in [2.05, 4.69) is 19.2 Å². The van der Waals surface area contributed by atoms with Crippen LogP contribution < -0.4 is 14.8 Å². The first-order valence-corrected chi connectivity index (χ1v) is 9.57. The van der Waals surface area contributed by atoms with Gasteiger partial charge in [0.15, 0.2) is 17.6 Å². The summed E-state index contributed by atoms with van der Waals surface area (Å²) in [6.07, 6.45) is -0.887. The van der Waals surface area contributed by atoms with Crippen LogP contribution >= 0.6 is 0 Å². The van der Waals surface area contributed by atoms with E-state index in [4.69, 9.17) is 14.2 Å². The van der Waals surface area contributed by atoms with E-state index in [0.717, 1.165) is 16.8 Å². The molecule has 2 aromatic carbocycles. The molecular formula is C23H29NO5. The number of amides is 1. The standard InChI is InChI=1S/C23H29NO5/c1-14(2)18-9-7-8-15(3)22(18)24-23(26)16(4)29-21(25)13-17-10-11-19(27-5)20(12-17)28-6/h7-12,14,16H,13H2,1-6H3,(H,24,26)/t16-/m1/s1. The van der Waals surface area contributed by atoms with Crippen LogP contribution in [0.25, 0.3) is 0 Å². The van der Waals surface area contributed by atoms with Crippen molar-refractivity contribution in [1.82, 2.24) is 0 Å². The van der Waals surface area contributed by atoms with E-state index in [1.54, 1.807) is 32.2 Å². The van der Waals surface area contributed by atoms with Gasteiger partial charge in [-0.1, -0.05) is 38.1 Å². The summed E-state index contributed by atoms with van der Waals surface area (Å²) in [5, 5.41) is 2.91. The Morgan fingerprint density at radius 3 is 2.31 bits per heavy atom. The van der Waals surface area contributed by atoms with Gasteiger partial charge in [0.1, 0.15) is 0 Å². The number of methoxy groups -OCH3 is 2. The van der Waals surface area contributed by atoms with Gasteiger partial charge in [-0.2, -0.15) is 0 Å². The van der Waals surface area contributed by atoms with Crippen LogP contribution in [-0.4, -0.2) is 32.2 Å². The summed E-state index contributed by atoms with van der Waals surface area (Å²) in [5.41, 5.74) is 3.49. The minimum atomic E-state index is -0.915. The summed E-state index contributed by atoms with van der Waals surface area (Å²) in [6.45, 7) is 7.64. The first-order chi connectivity index (χ1) is 13.8. The van der Waals surface area contributed by atoms with Crippen LogP contribution in [0.15, 0.2) is 36.4 Å². The first-order valence-electron chi connectivity index (χ1n) is 9.57. The zero-order valence-electron chi connectivity index (χ0n) is 17.9. The topological polar surface area (TPSA) is 73.9 Å². The molecule has 0 heterocycles. The molecule has 0 aliphatic carbocycles. The van der Waals surface area contributed by atoms with Gasteiger partial charge < -0.3 is 19.5 Å². The van der Waals surface area contributed by atoms with E-state index < -0.39 is 12.1 Å². The zero-order valence-corrected chi connectivity index (χ0v) is 17.9. The highest BCUT2D eigenvalue weighted by Crippen LogP contribution is 2.29. The first kappa shape index (κ1) is 22.3. The van der Waals surface area contributed by atoms with Crippen molar-refractivity contribution >= 4 is 17.6 Å². The van der Waals surface area contributed by atoms with Crippen molar-refractivity contribution in [2.75, 3.05) is 19.5 Å². The molecule has 6 nitrogen and oxygen atoms in total. The van der Waals surface area contributed by atoms with Crippen molar-refractivity contribution in [3.63, 3.8) is 0 Å². The average molecular weight is 399 g/mol. The van der Waals surface area contributed by atoms with Crippen LogP contribution in [0.3, 0.4) is 0 Å². The van der Waals surface area contributed by atoms with Crippen molar-refractivity contribution in [3.05, 3.63) is 53.1 Å². The molecule has 2 aromatic rings.